The maximum absolute atomic E-state index is 12.7. The van der Waals surface area contributed by atoms with E-state index in [9.17, 15) is 14.4 Å². The van der Waals surface area contributed by atoms with Gasteiger partial charge in [0.05, 0.1) is 7.11 Å². The normalized spacial score (nSPS) is 15.3. The van der Waals surface area contributed by atoms with Crippen molar-refractivity contribution in [1.82, 2.24) is 10.3 Å². The Balaban J connectivity index is 2.07. The van der Waals surface area contributed by atoms with Crippen molar-refractivity contribution in [3.8, 4) is 0 Å². The number of carbonyl (C=O) groups excluding carboxylic acids is 3. The lowest BCUT2D eigenvalue weighted by Crippen LogP contribution is -2.15. The number of amides is 1. The van der Waals surface area contributed by atoms with Gasteiger partial charge in [-0.05, 0) is 57.2 Å². The SMILES string of the molecule is CCC1=C(C)C(=O)N/C1=C/c1[nH]c(C)c(C(=O)CCCCCC(=O)OC)c1C. The third-order valence-corrected chi connectivity index (χ3v) is 5.28. The van der Waals surface area contributed by atoms with Crippen molar-refractivity contribution < 1.29 is 19.1 Å². The van der Waals surface area contributed by atoms with Crippen LogP contribution in [0.3, 0.4) is 0 Å². The molecule has 152 valence electrons. The molecule has 1 aliphatic heterocycles. The Morgan fingerprint density at radius 1 is 1.07 bits per heavy atom. The molecule has 2 rings (SSSR count). The molecule has 0 atom stereocenters. The van der Waals surface area contributed by atoms with Crippen LogP contribution >= 0.6 is 0 Å². The lowest BCUT2D eigenvalue weighted by atomic mass is 10.00. The molecule has 0 unspecified atom stereocenters. The second-order valence-corrected chi connectivity index (χ2v) is 7.19. The Kier molecular flexibility index (Phi) is 7.38. The summed E-state index contributed by atoms with van der Waals surface area (Å²) in [4.78, 5) is 39.1. The number of unbranched alkanes of at least 4 members (excludes halogenated alkanes) is 2. The average molecular weight is 386 g/mol. The summed E-state index contributed by atoms with van der Waals surface area (Å²) in [6, 6.07) is 0. The smallest absolute Gasteiger partial charge is 0.305 e. The Bertz CT molecular complexity index is 843. The molecule has 0 saturated carbocycles. The molecule has 0 saturated heterocycles. The number of H-pyrrole nitrogens is 1. The van der Waals surface area contributed by atoms with E-state index in [-0.39, 0.29) is 17.7 Å². The predicted molar refractivity (Wildman–Crippen MR) is 109 cm³/mol. The largest absolute Gasteiger partial charge is 0.469 e. The van der Waals surface area contributed by atoms with Crippen molar-refractivity contribution in [2.45, 2.75) is 66.2 Å². The van der Waals surface area contributed by atoms with E-state index in [1.54, 1.807) is 0 Å². The number of nitrogens with one attached hydrogen (secondary N) is 2. The van der Waals surface area contributed by atoms with E-state index >= 15 is 0 Å². The van der Waals surface area contributed by atoms with Crippen molar-refractivity contribution in [3.05, 3.63) is 39.4 Å². The number of Topliss-reactive ketones (excluding diaryl/α,β-unsaturated/α-hetero) is 1. The number of carbonyl (C=O) groups is 3. The van der Waals surface area contributed by atoms with E-state index in [0.29, 0.717) is 12.8 Å². The number of ketones is 1. The number of rotatable bonds is 9. The van der Waals surface area contributed by atoms with Gasteiger partial charge in [-0.25, -0.2) is 0 Å². The molecule has 1 aromatic heterocycles. The Morgan fingerprint density at radius 2 is 1.75 bits per heavy atom. The van der Waals surface area contributed by atoms with Crippen LogP contribution in [0.25, 0.3) is 6.08 Å². The first-order chi connectivity index (χ1) is 13.3. The molecule has 1 aliphatic rings. The molecule has 2 N–H and O–H groups in total. The lowest BCUT2D eigenvalue weighted by Gasteiger charge is -2.04. The molecular weight excluding hydrogens is 356 g/mol. The van der Waals surface area contributed by atoms with Crippen LogP contribution in [0.15, 0.2) is 16.8 Å². The van der Waals surface area contributed by atoms with Crippen LogP contribution in [-0.4, -0.2) is 29.8 Å². The molecule has 0 aliphatic carbocycles. The van der Waals surface area contributed by atoms with Crippen LogP contribution in [0.5, 0.6) is 0 Å². The molecule has 1 aromatic rings. The van der Waals surface area contributed by atoms with E-state index in [4.69, 9.17) is 0 Å². The van der Waals surface area contributed by atoms with Gasteiger partial charge in [0, 0.05) is 41.1 Å². The summed E-state index contributed by atoms with van der Waals surface area (Å²) in [6.07, 6.45) is 5.82. The topological polar surface area (TPSA) is 88.3 Å². The highest BCUT2D eigenvalue weighted by Crippen LogP contribution is 2.28. The second kappa shape index (κ2) is 9.53. The van der Waals surface area contributed by atoms with Crippen molar-refractivity contribution in [1.29, 1.82) is 0 Å². The van der Waals surface area contributed by atoms with E-state index in [2.05, 4.69) is 15.0 Å². The predicted octanol–water partition coefficient (Wildman–Crippen LogP) is 4.13. The van der Waals surface area contributed by atoms with Gasteiger partial charge in [-0.1, -0.05) is 13.3 Å². The summed E-state index contributed by atoms with van der Waals surface area (Å²) in [5.41, 5.74) is 5.88. The number of esters is 1. The first kappa shape index (κ1) is 21.7. The van der Waals surface area contributed by atoms with Crippen LogP contribution in [0, 0.1) is 13.8 Å². The summed E-state index contributed by atoms with van der Waals surface area (Å²) in [5.74, 6) is -0.171. The fourth-order valence-corrected chi connectivity index (χ4v) is 3.65. The van der Waals surface area contributed by atoms with E-state index in [1.807, 2.05) is 33.8 Å². The molecule has 0 bridgehead atoms. The van der Waals surface area contributed by atoms with Crippen molar-refractivity contribution in [2.24, 2.45) is 0 Å². The molecule has 6 heteroatoms. The molecule has 0 aromatic carbocycles. The van der Waals surface area contributed by atoms with Gasteiger partial charge in [0.2, 0.25) is 0 Å². The molecule has 0 spiro atoms. The molecule has 2 heterocycles. The maximum atomic E-state index is 12.7. The number of aryl methyl sites for hydroxylation is 1. The maximum Gasteiger partial charge on any atom is 0.305 e. The number of hydrogen-bond donors (Lipinski definition) is 2. The number of allylic oxidation sites excluding steroid dienone is 1. The summed E-state index contributed by atoms with van der Waals surface area (Å²) >= 11 is 0. The van der Waals surface area contributed by atoms with Crippen molar-refractivity contribution in [3.63, 3.8) is 0 Å². The monoisotopic (exact) mass is 386 g/mol. The first-order valence-electron chi connectivity index (χ1n) is 9.82. The van der Waals surface area contributed by atoms with E-state index in [1.165, 1.54) is 7.11 Å². The lowest BCUT2D eigenvalue weighted by molar-refractivity contribution is -0.140. The number of hydrogen-bond acceptors (Lipinski definition) is 4. The molecule has 0 radical (unpaired) electrons. The molecule has 28 heavy (non-hydrogen) atoms. The van der Waals surface area contributed by atoms with Gasteiger partial charge >= 0.3 is 5.97 Å². The first-order valence-corrected chi connectivity index (χ1v) is 9.82. The zero-order chi connectivity index (χ0) is 20.8. The number of ether oxygens (including phenoxy) is 1. The molecule has 0 fully saturated rings. The summed E-state index contributed by atoms with van der Waals surface area (Å²) in [7, 11) is 1.38. The number of aromatic nitrogens is 1. The van der Waals surface area contributed by atoms with Crippen LogP contribution in [-0.2, 0) is 14.3 Å². The molecule has 6 nitrogen and oxygen atoms in total. The molecule has 1 amide bonds. The Hall–Kier alpha value is -2.63. The van der Waals surface area contributed by atoms with Crippen LogP contribution in [0.2, 0.25) is 0 Å². The van der Waals surface area contributed by atoms with Gasteiger partial charge in [-0.15, -0.1) is 0 Å². The highest BCUT2D eigenvalue weighted by atomic mass is 16.5. The minimum atomic E-state index is -0.212. The Labute approximate surface area is 166 Å². The van der Waals surface area contributed by atoms with E-state index in [0.717, 1.165) is 65.0 Å². The minimum Gasteiger partial charge on any atom is -0.469 e. The zero-order valence-electron chi connectivity index (χ0n) is 17.5. The van der Waals surface area contributed by atoms with Crippen LogP contribution in [0.4, 0.5) is 0 Å². The van der Waals surface area contributed by atoms with Gasteiger partial charge < -0.3 is 15.0 Å². The van der Waals surface area contributed by atoms with Gasteiger partial charge in [0.1, 0.15) is 0 Å². The fraction of sp³-hybridized carbons (Fsp3) is 0.500. The molecular formula is C22H30N2O4. The van der Waals surface area contributed by atoms with Gasteiger partial charge in [0.25, 0.3) is 5.91 Å². The number of aromatic amines is 1. The highest BCUT2D eigenvalue weighted by Gasteiger charge is 2.23. The minimum absolute atomic E-state index is 0.0627. The quantitative estimate of drug-likeness (QED) is 0.379. The van der Waals surface area contributed by atoms with Crippen LogP contribution < -0.4 is 5.32 Å². The second-order valence-electron chi connectivity index (χ2n) is 7.19. The summed E-state index contributed by atoms with van der Waals surface area (Å²) in [5, 5.41) is 2.91. The third-order valence-electron chi connectivity index (χ3n) is 5.28. The van der Waals surface area contributed by atoms with Crippen molar-refractivity contribution in [2.75, 3.05) is 7.11 Å². The summed E-state index contributed by atoms with van der Waals surface area (Å²) < 4.78 is 4.62. The zero-order valence-corrected chi connectivity index (χ0v) is 17.5. The van der Waals surface area contributed by atoms with Crippen LogP contribution in [0.1, 0.15) is 79.7 Å². The summed E-state index contributed by atoms with van der Waals surface area (Å²) in [6.45, 7) is 7.68. The average Bonchev–Trinajstić information content (AvgIpc) is 3.09. The number of methoxy groups -OCH3 is 1. The fourth-order valence-electron chi connectivity index (χ4n) is 3.65. The highest BCUT2D eigenvalue weighted by molar-refractivity contribution is 6.02. The van der Waals surface area contributed by atoms with Gasteiger partial charge in [0.15, 0.2) is 5.78 Å². The van der Waals surface area contributed by atoms with E-state index < -0.39 is 0 Å². The Morgan fingerprint density at radius 3 is 2.39 bits per heavy atom. The third kappa shape index (κ3) is 4.80. The van der Waals surface area contributed by atoms with Gasteiger partial charge in [-0.2, -0.15) is 0 Å². The van der Waals surface area contributed by atoms with Gasteiger partial charge in [-0.3, -0.25) is 14.4 Å². The van der Waals surface area contributed by atoms with Crippen molar-refractivity contribution >= 4 is 23.7 Å². The standard InChI is InChI=1S/C22H30N2O4/c1-6-16-13(2)22(27)24-18(16)12-17-14(3)21(15(4)23-17)19(25)10-8-7-9-11-20(26)28-5/h12,23H,6-11H2,1-5H3,(H,24,27)/b18-12+.